The first-order chi connectivity index (χ1) is 12.6. The minimum Gasteiger partial charge on any atom is -0.495 e. The van der Waals surface area contributed by atoms with Gasteiger partial charge in [-0.15, -0.1) is 0 Å². The molecule has 0 bridgehead atoms. The number of ether oxygens (including phenoxy) is 2. The molecule has 26 heavy (non-hydrogen) atoms. The van der Waals surface area contributed by atoms with E-state index in [9.17, 15) is 9.59 Å². The zero-order valence-corrected chi connectivity index (χ0v) is 14.6. The van der Waals surface area contributed by atoms with Crippen molar-refractivity contribution < 1.29 is 23.5 Å². The molecule has 1 atom stereocenters. The number of carbonyl (C=O) groups excluding carboxylic acids is 2. The SMILES string of the molecule is COc1cc2c(cc1NC(=O)[C@H](C)OC(=O)C1CC1)oc1ccccc12. The fraction of sp³-hybridized carbons (Fsp3) is 0.300. The lowest BCUT2D eigenvalue weighted by Crippen LogP contribution is -2.30. The smallest absolute Gasteiger partial charge is 0.309 e. The Morgan fingerprint density at radius 3 is 2.65 bits per heavy atom. The van der Waals surface area contributed by atoms with E-state index >= 15 is 0 Å². The van der Waals surface area contributed by atoms with Gasteiger partial charge in [0.1, 0.15) is 16.9 Å². The van der Waals surface area contributed by atoms with E-state index in [1.807, 2.05) is 30.3 Å². The zero-order chi connectivity index (χ0) is 18.3. The number of benzene rings is 2. The van der Waals surface area contributed by atoms with Crippen LogP contribution in [0.15, 0.2) is 40.8 Å². The number of fused-ring (bicyclic) bond motifs is 3. The minimum absolute atomic E-state index is 0.0494. The summed E-state index contributed by atoms with van der Waals surface area (Å²) in [5, 5.41) is 4.64. The van der Waals surface area contributed by atoms with Crippen molar-refractivity contribution in [2.75, 3.05) is 12.4 Å². The summed E-state index contributed by atoms with van der Waals surface area (Å²) >= 11 is 0. The van der Waals surface area contributed by atoms with Gasteiger partial charge < -0.3 is 19.2 Å². The predicted octanol–water partition coefficient (Wildman–Crippen LogP) is 3.87. The molecule has 3 aromatic rings. The maximum atomic E-state index is 12.4. The van der Waals surface area contributed by atoms with E-state index in [2.05, 4.69) is 5.32 Å². The summed E-state index contributed by atoms with van der Waals surface area (Å²) in [5.74, 6) is -0.259. The van der Waals surface area contributed by atoms with Crippen molar-refractivity contribution in [1.29, 1.82) is 0 Å². The molecular weight excluding hydrogens is 334 g/mol. The summed E-state index contributed by atoms with van der Waals surface area (Å²) in [6, 6.07) is 11.3. The maximum absolute atomic E-state index is 12.4. The van der Waals surface area contributed by atoms with Gasteiger partial charge in [-0.05, 0) is 31.9 Å². The highest BCUT2D eigenvalue weighted by atomic mass is 16.5. The van der Waals surface area contributed by atoms with Crippen LogP contribution in [0.3, 0.4) is 0 Å². The Morgan fingerprint density at radius 2 is 1.92 bits per heavy atom. The number of nitrogens with one attached hydrogen (secondary N) is 1. The van der Waals surface area contributed by atoms with Gasteiger partial charge in [0.2, 0.25) is 0 Å². The largest absolute Gasteiger partial charge is 0.495 e. The van der Waals surface area contributed by atoms with Gasteiger partial charge in [0, 0.05) is 16.8 Å². The average molecular weight is 353 g/mol. The Labute approximate surface area is 150 Å². The van der Waals surface area contributed by atoms with Crippen LogP contribution in [0.2, 0.25) is 0 Å². The Bertz CT molecular complexity index is 1000. The summed E-state index contributed by atoms with van der Waals surface area (Å²) in [7, 11) is 1.54. The number of hydrogen-bond acceptors (Lipinski definition) is 5. The van der Waals surface area contributed by atoms with E-state index in [0.29, 0.717) is 17.0 Å². The van der Waals surface area contributed by atoms with Gasteiger partial charge in [-0.25, -0.2) is 0 Å². The zero-order valence-electron chi connectivity index (χ0n) is 14.6. The first-order valence-electron chi connectivity index (χ1n) is 8.57. The predicted molar refractivity (Wildman–Crippen MR) is 97.2 cm³/mol. The number of hydrogen-bond donors (Lipinski definition) is 1. The second-order valence-electron chi connectivity index (χ2n) is 6.49. The van der Waals surface area contributed by atoms with Gasteiger partial charge in [0.25, 0.3) is 5.91 Å². The lowest BCUT2D eigenvalue weighted by Gasteiger charge is -2.15. The Balaban J connectivity index is 1.61. The molecule has 6 nitrogen and oxygen atoms in total. The Kier molecular flexibility index (Phi) is 4.03. The van der Waals surface area contributed by atoms with Crippen LogP contribution in [-0.4, -0.2) is 25.1 Å². The highest BCUT2D eigenvalue weighted by molar-refractivity contribution is 6.08. The van der Waals surface area contributed by atoms with Crippen molar-refractivity contribution in [3.05, 3.63) is 36.4 Å². The van der Waals surface area contributed by atoms with Crippen LogP contribution >= 0.6 is 0 Å². The molecule has 0 radical (unpaired) electrons. The van der Waals surface area contributed by atoms with Gasteiger partial charge in [0.15, 0.2) is 6.10 Å². The van der Waals surface area contributed by atoms with E-state index in [1.54, 1.807) is 13.0 Å². The normalized spacial score (nSPS) is 15.0. The number of anilines is 1. The average Bonchev–Trinajstić information content (AvgIpc) is 3.42. The number of esters is 1. The van der Waals surface area contributed by atoms with Gasteiger partial charge in [-0.1, -0.05) is 18.2 Å². The molecule has 6 heteroatoms. The van der Waals surface area contributed by atoms with Crippen molar-refractivity contribution in [1.82, 2.24) is 0 Å². The topological polar surface area (TPSA) is 77.8 Å². The summed E-state index contributed by atoms with van der Waals surface area (Å²) < 4.78 is 16.5. The molecule has 0 saturated heterocycles. The van der Waals surface area contributed by atoms with Crippen LogP contribution in [0.1, 0.15) is 19.8 Å². The molecule has 2 aromatic carbocycles. The second-order valence-corrected chi connectivity index (χ2v) is 6.49. The molecule has 0 unspecified atom stereocenters. The minimum atomic E-state index is -0.876. The summed E-state index contributed by atoms with van der Waals surface area (Å²) in [6.45, 7) is 1.56. The van der Waals surface area contributed by atoms with Gasteiger partial charge >= 0.3 is 5.97 Å². The summed E-state index contributed by atoms with van der Waals surface area (Å²) in [4.78, 5) is 24.1. The Morgan fingerprint density at radius 1 is 1.15 bits per heavy atom. The summed E-state index contributed by atoms with van der Waals surface area (Å²) in [5.41, 5.74) is 1.88. The number of para-hydroxylation sites is 1. The molecule has 1 heterocycles. The van der Waals surface area contributed by atoms with Crippen molar-refractivity contribution in [3.63, 3.8) is 0 Å². The number of methoxy groups -OCH3 is 1. The molecular formula is C20H19NO5. The van der Waals surface area contributed by atoms with Crippen LogP contribution < -0.4 is 10.1 Å². The standard InChI is InChI=1S/C20H19NO5/c1-11(25-20(23)12-7-8-12)19(22)21-15-10-17-14(9-18(15)24-2)13-5-3-4-6-16(13)26-17/h3-6,9-12H,7-8H2,1-2H3,(H,21,22)/t11-/m0/s1. The fourth-order valence-electron chi connectivity index (χ4n) is 2.90. The van der Waals surface area contributed by atoms with Crippen LogP contribution in [0.5, 0.6) is 5.75 Å². The van der Waals surface area contributed by atoms with E-state index in [4.69, 9.17) is 13.9 Å². The monoisotopic (exact) mass is 353 g/mol. The molecule has 0 spiro atoms. The van der Waals surface area contributed by atoms with Gasteiger partial charge in [-0.3, -0.25) is 9.59 Å². The van der Waals surface area contributed by atoms with Gasteiger partial charge in [0.05, 0.1) is 18.7 Å². The van der Waals surface area contributed by atoms with Crippen LogP contribution in [0.4, 0.5) is 5.69 Å². The molecule has 4 rings (SSSR count). The van der Waals surface area contributed by atoms with Crippen LogP contribution in [0, 0.1) is 5.92 Å². The molecule has 1 N–H and O–H groups in total. The first kappa shape index (κ1) is 16.4. The highest BCUT2D eigenvalue weighted by Crippen LogP contribution is 2.36. The van der Waals surface area contributed by atoms with E-state index in [1.165, 1.54) is 7.11 Å². The first-order valence-corrected chi connectivity index (χ1v) is 8.57. The molecule has 1 aromatic heterocycles. The number of rotatable bonds is 5. The van der Waals surface area contributed by atoms with Crippen molar-refractivity contribution in [2.45, 2.75) is 25.9 Å². The number of amides is 1. The van der Waals surface area contributed by atoms with Gasteiger partial charge in [-0.2, -0.15) is 0 Å². The number of carbonyl (C=O) groups is 2. The molecule has 1 aliphatic carbocycles. The summed E-state index contributed by atoms with van der Waals surface area (Å²) in [6.07, 6.45) is 0.798. The van der Waals surface area contributed by atoms with Crippen molar-refractivity contribution in [3.8, 4) is 5.75 Å². The molecule has 0 aliphatic heterocycles. The van der Waals surface area contributed by atoms with E-state index in [0.717, 1.165) is 29.2 Å². The third-order valence-corrected chi connectivity index (χ3v) is 4.53. The Hall–Kier alpha value is -3.02. The van der Waals surface area contributed by atoms with Crippen molar-refractivity contribution >= 4 is 39.5 Å². The lowest BCUT2D eigenvalue weighted by atomic mass is 10.1. The highest BCUT2D eigenvalue weighted by Gasteiger charge is 2.33. The number of furan rings is 1. The van der Waals surface area contributed by atoms with Crippen LogP contribution in [-0.2, 0) is 14.3 Å². The molecule has 1 aliphatic rings. The van der Waals surface area contributed by atoms with E-state index in [-0.39, 0.29) is 11.9 Å². The van der Waals surface area contributed by atoms with Crippen molar-refractivity contribution in [2.24, 2.45) is 5.92 Å². The third kappa shape index (κ3) is 2.98. The molecule has 1 fully saturated rings. The molecule has 134 valence electrons. The lowest BCUT2D eigenvalue weighted by molar-refractivity contribution is -0.154. The molecule has 1 saturated carbocycles. The molecule has 1 amide bonds. The fourth-order valence-corrected chi connectivity index (χ4v) is 2.90. The quantitative estimate of drug-likeness (QED) is 0.705. The third-order valence-electron chi connectivity index (χ3n) is 4.53. The second kappa shape index (κ2) is 6.37. The van der Waals surface area contributed by atoms with Crippen LogP contribution in [0.25, 0.3) is 21.9 Å². The maximum Gasteiger partial charge on any atom is 0.309 e. The van der Waals surface area contributed by atoms with E-state index < -0.39 is 12.0 Å².